The molecule has 0 spiro atoms. The summed E-state index contributed by atoms with van der Waals surface area (Å²) in [6, 6.07) is 12.6. The molecule has 0 fully saturated rings. The van der Waals surface area contributed by atoms with Gasteiger partial charge in [0.15, 0.2) is 0 Å². The molecule has 0 saturated carbocycles. The molecule has 0 saturated heterocycles. The van der Waals surface area contributed by atoms with Crippen molar-refractivity contribution < 1.29 is 33.8 Å². The minimum absolute atomic E-state index is 0.116. The largest absolute Gasteiger partial charge is 0.458 e. The molecule has 232 valence electrons. The number of nitrogens with one attached hydrogen (secondary N) is 2. The number of carbonyl (C=O) groups excluding carboxylic acids is 4. The van der Waals surface area contributed by atoms with Crippen molar-refractivity contribution in [1.29, 1.82) is 0 Å². The van der Waals surface area contributed by atoms with E-state index in [4.69, 9.17) is 15.9 Å². The van der Waals surface area contributed by atoms with Gasteiger partial charge in [-0.15, -0.1) is 0 Å². The lowest BCUT2D eigenvalue weighted by Gasteiger charge is -2.31. The van der Waals surface area contributed by atoms with Crippen LogP contribution in [0.2, 0.25) is 0 Å². The third kappa shape index (κ3) is 11.1. The highest BCUT2D eigenvalue weighted by Crippen LogP contribution is 2.25. The van der Waals surface area contributed by atoms with Crippen molar-refractivity contribution >= 4 is 23.9 Å². The molecule has 3 amide bonds. The summed E-state index contributed by atoms with van der Waals surface area (Å²) in [6.07, 6.45) is 4.97. The van der Waals surface area contributed by atoms with E-state index in [1.165, 1.54) is 0 Å². The molecule has 10 nitrogen and oxygen atoms in total. The topological polar surface area (TPSA) is 134 Å². The molecule has 43 heavy (non-hydrogen) atoms. The Balaban J connectivity index is 2.53. The number of aliphatic hydroxyl groups is 1. The Bertz CT molecular complexity index is 1320. The van der Waals surface area contributed by atoms with Gasteiger partial charge < -0.3 is 25.2 Å². The Morgan fingerprint density at radius 1 is 0.884 bits per heavy atom. The number of rotatable bonds is 10. The average Bonchev–Trinajstić information content (AvgIpc) is 2.87. The second kappa shape index (κ2) is 14.7. The van der Waals surface area contributed by atoms with Gasteiger partial charge in [-0.3, -0.25) is 14.5 Å². The molecule has 2 aromatic rings. The molecule has 10 heteroatoms. The summed E-state index contributed by atoms with van der Waals surface area (Å²) in [6.45, 7) is 12.9. The van der Waals surface area contributed by atoms with Crippen molar-refractivity contribution in [3.8, 4) is 12.5 Å². The van der Waals surface area contributed by atoms with Crippen LogP contribution in [0.5, 0.6) is 0 Å². The van der Waals surface area contributed by atoms with E-state index in [9.17, 15) is 24.3 Å². The Morgan fingerprint density at radius 3 is 1.93 bits per heavy atom. The van der Waals surface area contributed by atoms with E-state index < -0.39 is 59.8 Å². The van der Waals surface area contributed by atoms with Gasteiger partial charge in [-0.05, 0) is 66.5 Å². The zero-order valence-corrected chi connectivity index (χ0v) is 26.2. The second-order valence-corrected chi connectivity index (χ2v) is 12.3. The van der Waals surface area contributed by atoms with Crippen LogP contribution >= 0.6 is 0 Å². The summed E-state index contributed by atoms with van der Waals surface area (Å²) in [5.41, 5.74) is 1.06. The van der Waals surface area contributed by atoms with Crippen LogP contribution in [0.4, 0.5) is 4.79 Å². The standard InChI is InChI=1S/C33H43N3O7/c1-10-36(29(39)26(20-37)35-31(41)43-33(7,8)9)27(24-17-21(2)16-22(3)18-24)28(38)34-25(30(40)42-32(4,5)6)19-23-14-12-11-13-15-23/h1,11-18,25-27,37H,19-20H2,2-9H3,(H,34,38)(H,35,41). The number of esters is 1. The van der Waals surface area contributed by atoms with Crippen LogP contribution in [-0.4, -0.2) is 63.8 Å². The molecule has 0 radical (unpaired) electrons. The fraction of sp³-hybridized carbons (Fsp3) is 0.455. The van der Waals surface area contributed by atoms with Gasteiger partial charge in [-0.2, -0.15) is 0 Å². The molecule has 2 aromatic carbocycles. The van der Waals surface area contributed by atoms with Crippen molar-refractivity contribution in [2.24, 2.45) is 0 Å². The van der Waals surface area contributed by atoms with E-state index in [-0.39, 0.29) is 6.42 Å². The number of carbonyl (C=O) groups is 4. The van der Waals surface area contributed by atoms with Crippen molar-refractivity contribution in [2.45, 2.75) is 91.1 Å². The van der Waals surface area contributed by atoms with Gasteiger partial charge in [0, 0.05) is 12.5 Å². The first-order valence-corrected chi connectivity index (χ1v) is 14.0. The number of ether oxygens (including phenoxy) is 2. The molecule has 0 aromatic heterocycles. The number of hydrogen-bond acceptors (Lipinski definition) is 7. The molecule has 3 N–H and O–H groups in total. The summed E-state index contributed by atoms with van der Waals surface area (Å²) in [4.78, 5) is 54.3. The lowest BCUT2D eigenvalue weighted by Crippen LogP contribution is -2.54. The molecule has 0 bridgehead atoms. The van der Waals surface area contributed by atoms with Crippen LogP contribution in [0.1, 0.15) is 69.8 Å². The highest BCUT2D eigenvalue weighted by molar-refractivity contribution is 5.95. The molecule has 0 aliphatic heterocycles. The van der Waals surface area contributed by atoms with Crippen molar-refractivity contribution in [3.63, 3.8) is 0 Å². The molecule has 3 unspecified atom stereocenters. The monoisotopic (exact) mass is 593 g/mol. The summed E-state index contributed by atoms with van der Waals surface area (Å²) in [5.74, 6) is -2.34. The highest BCUT2D eigenvalue weighted by Gasteiger charge is 2.38. The van der Waals surface area contributed by atoms with Gasteiger partial charge >= 0.3 is 12.1 Å². The summed E-state index contributed by atoms with van der Waals surface area (Å²) in [7, 11) is 0. The zero-order chi connectivity index (χ0) is 32.5. The summed E-state index contributed by atoms with van der Waals surface area (Å²) >= 11 is 0. The van der Waals surface area contributed by atoms with Crippen LogP contribution in [-0.2, 0) is 30.3 Å². The maximum absolute atomic E-state index is 14.1. The number of aliphatic hydroxyl groups excluding tert-OH is 1. The van der Waals surface area contributed by atoms with Crippen LogP contribution in [0.15, 0.2) is 48.5 Å². The van der Waals surface area contributed by atoms with E-state index in [1.54, 1.807) is 53.7 Å². The molecular weight excluding hydrogens is 550 g/mol. The minimum atomic E-state index is -1.52. The van der Waals surface area contributed by atoms with Crippen LogP contribution in [0.25, 0.3) is 0 Å². The second-order valence-electron chi connectivity index (χ2n) is 12.3. The third-order valence-electron chi connectivity index (χ3n) is 5.90. The summed E-state index contributed by atoms with van der Waals surface area (Å²) < 4.78 is 10.8. The molecule has 0 heterocycles. The normalized spacial score (nSPS) is 13.5. The maximum atomic E-state index is 14.1. The van der Waals surface area contributed by atoms with Crippen LogP contribution in [0, 0.1) is 26.3 Å². The van der Waals surface area contributed by atoms with Crippen molar-refractivity contribution in [2.75, 3.05) is 6.61 Å². The predicted molar refractivity (Wildman–Crippen MR) is 163 cm³/mol. The van der Waals surface area contributed by atoms with E-state index in [0.29, 0.717) is 5.56 Å². The lowest BCUT2D eigenvalue weighted by molar-refractivity contribution is -0.159. The van der Waals surface area contributed by atoms with Gasteiger partial charge in [-0.1, -0.05) is 66.1 Å². The van der Waals surface area contributed by atoms with E-state index in [1.807, 2.05) is 50.2 Å². The first-order chi connectivity index (χ1) is 19.9. The fourth-order valence-corrected chi connectivity index (χ4v) is 4.32. The Hall–Kier alpha value is -4.36. The molecule has 3 atom stereocenters. The fourth-order valence-electron chi connectivity index (χ4n) is 4.32. The molecule has 0 aliphatic rings. The van der Waals surface area contributed by atoms with Crippen LogP contribution < -0.4 is 10.6 Å². The molecular formula is C33H43N3O7. The quantitative estimate of drug-likeness (QED) is 0.217. The third-order valence-corrected chi connectivity index (χ3v) is 5.90. The predicted octanol–water partition coefficient (Wildman–Crippen LogP) is 3.72. The summed E-state index contributed by atoms with van der Waals surface area (Å²) in [5, 5.41) is 15.1. The van der Waals surface area contributed by atoms with Crippen molar-refractivity contribution in [3.05, 3.63) is 70.8 Å². The Labute approximate surface area is 254 Å². The van der Waals surface area contributed by atoms with Gasteiger partial charge in [0.25, 0.3) is 5.91 Å². The number of alkyl carbamates (subject to hydrolysis) is 1. The first kappa shape index (κ1) is 34.8. The number of hydrogen-bond donors (Lipinski definition) is 3. The number of amides is 3. The van der Waals surface area contributed by atoms with E-state index >= 15 is 0 Å². The zero-order valence-electron chi connectivity index (χ0n) is 26.2. The number of terminal acetylenes is 1. The van der Waals surface area contributed by atoms with Gasteiger partial charge in [0.2, 0.25) is 5.91 Å². The van der Waals surface area contributed by atoms with Gasteiger partial charge in [0.05, 0.1) is 6.61 Å². The number of benzene rings is 2. The van der Waals surface area contributed by atoms with E-state index in [2.05, 4.69) is 16.7 Å². The average molecular weight is 594 g/mol. The van der Waals surface area contributed by atoms with Crippen LogP contribution in [0.3, 0.4) is 0 Å². The lowest BCUT2D eigenvalue weighted by atomic mass is 9.98. The maximum Gasteiger partial charge on any atom is 0.408 e. The van der Waals surface area contributed by atoms with E-state index in [0.717, 1.165) is 21.6 Å². The SMILES string of the molecule is C#CN(C(=O)C(CO)NC(=O)OC(C)(C)C)C(C(=O)NC(Cc1ccccc1)C(=O)OC(C)(C)C)c1cc(C)cc(C)c1. The minimum Gasteiger partial charge on any atom is -0.458 e. The van der Waals surface area contributed by atoms with Gasteiger partial charge in [-0.25, -0.2) is 9.59 Å². The number of aryl methyl sites for hydroxylation is 2. The Kier molecular flexibility index (Phi) is 11.9. The first-order valence-electron chi connectivity index (χ1n) is 14.0. The molecule has 0 aliphatic carbocycles. The van der Waals surface area contributed by atoms with Gasteiger partial charge in [0.1, 0.15) is 29.3 Å². The number of nitrogens with zero attached hydrogens (tertiary/aromatic N) is 1. The smallest absolute Gasteiger partial charge is 0.408 e. The van der Waals surface area contributed by atoms with Crippen molar-refractivity contribution in [1.82, 2.24) is 15.5 Å². The Morgan fingerprint density at radius 2 is 1.44 bits per heavy atom. The highest BCUT2D eigenvalue weighted by atomic mass is 16.6. The molecule has 2 rings (SSSR count).